The SMILES string of the molecule is CCN(CCCCC(=O)O)C(=O)[C@@H](C)NC(=O)OCC1c2ccccc2-c2ccccc21. The van der Waals surface area contributed by atoms with Crippen molar-refractivity contribution < 1.29 is 24.2 Å². The number of nitrogens with zero attached hydrogens (tertiary/aromatic N) is 1. The first-order chi connectivity index (χ1) is 15.4. The van der Waals surface area contributed by atoms with Gasteiger partial charge in [-0.1, -0.05) is 48.5 Å². The highest BCUT2D eigenvalue weighted by Gasteiger charge is 2.29. The molecule has 2 aromatic carbocycles. The van der Waals surface area contributed by atoms with Crippen LogP contribution in [0.4, 0.5) is 4.79 Å². The summed E-state index contributed by atoms with van der Waals surface area (Å²) in [6.07, 6.45) is 0.561. The molecule has 2 amide bonds. The molecule has 0 heterocycles. The van der Waals surface area contributed by atoms with Crippen LogP contribution in [0, 0.1) is 0 Å². The van der Waals surface area contributed by atoms with Crippen molar-refractivity contribution in [3.63, 3.8) is 0 Å². The highest BCUT2D eigenvalue weighted by Crippen LogP contribution is 2.44. The summed E-state index contributed by atoms with van der Waals surface area (Å²) in [5.74, 6) is -1.10. The Kier molecular flexibility index (Phi) is 7.87. The average molecular weight is 439 g/mol. The monoisotopic (exact) mass is 438 g/mol. The average Bonchev–Trinajstić information content (AvgIpc) is 3.11. The molecule has 0 fully saturated rings. The largest absolute Gasteiger partial charge is 0.481 e. The van der Waals surface area contributed by atoms with E-state index in [0.29, 0.717) is 25.9 Å². The Balaban J connectivity index is 1.53. The van der Waals surface area contributed by atoms with Gasteiger partial charge in [0.05, 0.1) is 0 Å². The lowest BCUT2D eigenvalue weighted by Crippen LogP contribution is -2.47. The molecule has 1 atom stereocenters. The van der Waals surface area contributed by atoms with E-state index in [4.69, 9.17) is 9.84 Å². The number of fused-ring (bicyclic) bond motifs is 3. The highest BCUT2D eigenvalue weighted by molar-refractivity contribution is 5.85. The normalized spacial score (nSPS) is 13.1. The lowest BCUT2D eigenvalue weighted by atomic mass is 9.98. The standard InChI is InChI=1S/C25H30N2O5/c1-3-27(15-9-8-14-23(28)29)24(30)17(2)26-25(31)32-16-22-20-12-6-4-10-18(20)19-11-5-7-13-21(19)22/h4-7,10-13,17,22H,3,8-9,14-16H2,1-2H3,(H,26,31)(H,28,29)/t17-/m1/s1. The minimum Gasteiger partial charge on any atom is -0.481 e. The molecule has 170 valence electrons. The molecule has 2 aromatic rings. The van der Waals surface area contributed by atoms with Crippen LogP contribution < -0.4 is 5.32 Å². The van der Waals surface area contributed by atoms with E-state index in [9.17, 15) is 14.4 Å². The van der Waals surface area contributed by atoms with Gasteiger partial charge in [-0.3, -0.25) is 9.59 Å². The molecule has 0 saturated heterocycles. The summed E-state index contributed by atoms with van der Waals surface area (Å²) in [5.41, 5.74) is 4.57. The Bertz CT molecular complexity index is 929. The molecular formula is C25H30N2O5. The van der Waals surface area contributed by atoms with Crippen LogP contribution in [0.5, 0.6) is 0 Å². The Morgan fingerprint density at radius 2 is 1.62 bits per heavy atom. The zero-order valence-electron chi connectivity index (χ0n) is 18.5. The van der Waals surface area contributed by atoms with Gasteiger partial charge in [-0.25, -0.2) is 4.79 Å². The maximum absolute atomic E-state index is 12.7. The maximum Gasteiger partial charge on any atom is 0.407 e. The molecule has 0 bridgehead atoms. The molecule has 32 heavy (non-hydrogen) atoms. The van der Waals surface area contributed by atoms with Crippen molar-refractivity contribution in [2.45, 2.75) is 45.1 Å². The topological polar surface area (TPSA) is 95.9 Å². The number of unbranched alkanes of at least 4 members (excludes halogenated alkanes) is 1. The number of likely N-dealkylation sites (N-methyl/N-ethyl adjacent to an activating group) is 1. The van der Waals surface area contributed by atoms with Gasteiger partial charge in [0.2, 0.25) is 5.91 Å². The molecule has 0 saturated carbocycles. The smallest absolute Gasteiger partial charge is 0.407 e. The van der Waals surface area contributed by atoms with Crippen LogP contribution in [0.25, 0.3) is 11.1 Å². The van der Waals surface area contributed by atoms with E-state index in [-0.39, 0.29) is 24.9 Å². The second-order valence-electron chi connectivity index (χ2n) is 7.96. The Labute approximate surface area is 188 Å². The van der Waals surface area contributed by atoms with Gasteiger partial charge >= 0.3 is 12.1 Å². The van der Waals surface area contributed by atoms with E-state index in [2.05, 4.69) is 29.6 Å². The predicted octanol–water partition coefficient (Wildman–Crippen LogP) is 4.02. The quantitative estimate of drug-likeness (QED) is 0.546. The van der Waals surface area contributed by atoms with E-state index in [1.165, 1.54) is 0 Å². The third-order valence-electron chi connectivity index (χ3n) is 5.81. The molecule has 0 radical (unpaired) electrons. The third-order valence-corrected chi connectivity index (χ3v) is 5.81. The minimum atomic E-state index is -0.843. The summed E-state index contributed by atoms with van der Waals surface area (Å²) in [6.45, 7) is 4.62. The number of carbonyl (C=O) groups excluding carboxylic acids is 2. The molecular weight excluding hydrogens is 408 g/mol. The minimum absolute atomic E-state index is 0.0412. The lowest BCUT2D eigenvalue weighted by molar-refractivity contribution is -0.137. The Morgan fingerprint density at radius 3 is 2.19 bits per heavy atom. The van der Waals surface area contributed by atoms with Crippen molar-refractivity contribution in [2.24, 2.45) is 0 Å². The number of benzene rings is 2. The number of amides is 2. The van der Waals surface area contributed by atoms with Gasteiger partial charge in [0.1, 0.15) is 12.6 Å². The van der Waals surface area contributed by atoms with Gasteiger partial charge in [0.15, 0.2) is 0 Å². The number of rotatable bonds is 10. The molecule has 0 aliphatic heterocycles. The van der Waals surface area contributed by atoms with Crippen molar-refractivity contribution >= 4 is 18.0 Å². The summed E-state index contributed by atoms with van der Waals surface area (Å²) < 4.78 is 5.51. The van der Waals surface area contributed by atoms with Crippen LogP contribution in [0.1, 0.15) is 50.2 Å². The summed E-state index contributed by atoms with van der Waals surface area (Å²) in [4.78, 5) is 37.3. The van der Waals surface area contributed by atoms with Crippen LogP contribution in [0.2, 0.25) is 0 Å². The first-order valence-corrected chi connectivity index (χ1v) is 11.0. The fourth-order valence-electron chi connectivity index (χ4n) is 4.16. The number of alkyl carbamates (subject to hydrolysis) is 1. The molecule has 1 aliphatic rings. The molecule has 7 nitrogen and oxygen atoms in total. The number of ether oxygens (including phenoxy) is 1. The van der Waals surface area contributed by atoms with Gasteiger partial charge in [0, 0.05) is 25.4 Å². The van der Waals surface area contributed by atoms with Crippen molar-refractivity contribution in [1.82, 2.24) is 10.2 Å². The molecule has 3 rings (SSSR count). The van der Waals surface area contributed by atoms with Crippen LogP contribution >= 0.6 is 0 Å². The van der Waals surface area contributed by atoms with Crippen molar-refractivity contribution in [3.05, 3.63) is 59.7 Å². The zero-order chi connectivity index (χ0) is 23.1. The number of carboxylic acid groups (broad SMARTS) is 1. The van der Waals surface area contributed by atoms with E-state index < -0.39 is 18.1 Å². The molecule has 2 N–H and O–H groups in total. The number of carboxylic acids is 1. The van der Waals surface area contributed by atoms with E-state index in [0.717, 1.165) is 22.3 Å². The summed E-state index contributed by atoms with van der Waals surface area (Å²) in [7, 11) is 0. The number of carbonyl (C=O) groups is 3. The molecule has 7 heteroatoms. The van der Waals surface area contributed by atoms with E-state index in [1.54, 1.807) is 11.8 Å². The second kappa shape index (κ2) is 10.8. The third kappa shape index (κ3) is 5.46. The molecule has 0 aromatic heterocycles. The Morgan fingerprint density at radius 1 is 1.03 bits per heavy atom. The van der Waals surface area contributed by atoms with Gasteiger partial charge in [-0.2, -0.15) is 0 Å². The lowest BCUT2D eigenvalue weighted by Gasteiger charge is -2.25. The Hall–Kier alpha value is -3.35. The van der Waals surface area contributed by atoms with Gasteiger partial charge in [0.25, 0.3) is 0 Å². The van der Waals surface area contributed by atoms with Crippen LogP contribution in [-0.2, 0) is 14.3 Å². The number of hydrogen-bond acceptors (Lipinski definition) is 4. The predicted molar refractivity (Wildman–Crippen MR) is 121 cm³/mol. The van der Waals surface area contributed by atoms with Crippen LogP contribution in [0.3, 0.4) is 0 Å². The number of hydrogen-bond donors (Lipinski definition) is 2. The fourth-order valence-corrected chi connectivity index (χ4v) is 4.16. The number of aliphatic carboxylic acids is 1. The van der Waals surface area contributed by atoms with E-state index in [1.807, 2.05) is 31.2 Å². The summed E-state index contributed by atoms with van der Waals surface area (Å²) in [5, 5.41) is 11.4. The van der Waals surface area contributed by atoms with Crippen LogP contribution in [-0.4, -0.2) is 53.7 Å². The first kappa shape index (κ1) is 23.3. The van der Waals surface area contributed by atoms with E-state index >= 15 is 0 Å². The fraction of sp³-hybridized carbons (Fsp3) is 0.400. The molecule has 0 unspecified atom stereocenters. The zero-order valence-corrected chi connectivity index (χ0v) is 18.5. The summed E-state index contributed by atoms with van der Waals surface area (Å²) >= 11 is 0. The van der Waals surface area contributed by atoms with Gasteiger partial charge in [-0.05, 0) is 48.9 Å². The maximum atomic E-state index is 12.7. The molecule has 1 aliphatic carbocycles. The van der Waals surface area contributed by atoms with Crippen LogP contribution in [0.15, 0.2) is 48.5 Å². The summed E-state index contributed by atoms with van der Waals surface area (Å²) in [6, 6.07) is 15.5. The van der Waals surface area contributed by atoms with Crippen molar-refractivity contribution in [3.8, 4) is 11.1 Å². The molecule has 0 spiro atoms. The van der Waals surface area contributed by atoms with Gasteiger partial charge in [-0.15, -0.1) is 0 Å². The number of nitrogens with one attached hydrogen (secondary N) is 1. The highest BCUT2D eigenvalue weighted by atomic mass is 16.5. The van der Waals surface area contributed by atoms with Crippen molar-refractivity contribution in [2.75, 3.05) is 19.7 Å². The van der Waals surface area contributed by atoms with Crippen molar-refractivity contribution in [1.29, 1.82) is 0 Å². The first-order valence-electron chi connectivity index (χ1n) is 11.0. The second-order valence-corrected chi connectivity index (χ2v) is 7.96. The van der Waals surface area contributed by atoms with Gasteiger partial charge < -0.3 is 20.1 Å².